The molecule has 3 rings (SSSR count). The normalized spacial score (nSPS) is 17.5. The Morgan fingerprint density at radius 1 is 1.44 bits per heavy atom. The molecular weight excluding hydrogens is 318 g/mol. The van der Waals surface area contributed by atoms with E-state index in [1.807, 2.05) is 42.8 Å². The predicted molar refractivity (Wildman–Crippen MR) is 94.4 cm³/mol. The van der Waals surface area contributed by atoms with Crippen LogP contribution in [0.15, 0.2) is 24.3 Å². The second-order valence-corrected chi connectivity index (χ2v) is 6.26. The molecule has 2 aromatic rings. The fraction of sp³-hybridized carbons (Fsp3) is 0.500. The highest BCUT2D eigenvalue weighted by Gasteiger charge is 2.26. The number of nitrogens with one attached hydrogen (secondary N) is 2. The van der Waals surface area contributed by atoms with Gasteiger partial charge in [-0.3, -0.25) is 0 Å². The molecule has 0 saturated carbocycles. The number of hydrogen-bond donors (Lipinski definition) is 2. The average Bonchev–Trinajstić information content (AvgIpc) is 3.01. The van der Waals surface area contributed by atoms with Gasteiger partial charge in [0.15, 0.2) is 0 Å². The molecular formula is C18H25N5O2. The van der Waals surface area contributed by atoms with Crippen molar-refractivity contribution in [2.24, 2.45) is 0 Å². The third kappa shape index (κ3) is 3.75. The molecule has 1 aliphatic rings. The maximum absolute atomic E-state index is 12.5. The van der Waals surface area contributed by atoms with Crippen LogP contribution in [0.4, 0.5) is 4.79 Å². The van der Waals surface area contributed by atoms with Gasteiger partial charge in [-0.1, -0.05) is 25.1 Å². The minimum Gasteiger partial charge on any atom is -0.496 e. The monoisotopic (exact) mass is 343 g/mol. The van der Waals surface area contributed by atoms with E-state index in [4.69, 9.17) is 4.74 Å². The Morgan fingerprint density at radius 3 is 3.00 bits per heavy atom. The van der Waals surface area contributed by atoms with Crippen LogP contribution in [0.3, 0.4) is 0 Å². The number of benzene rings is 1. The number of nitrogens with zero attached hydrogens (tertiary/aromatic N) is 3. The van der Waals surface area contributed by atoms with E-state index in [2.05, 4.69) is 20.7 Å². The lowest BCUT2D eigenvalue weighted by molar-refractivity contribution is 0.228. The standard InChI is InChI=1S/C18H25N5O2/c1-4-14(13-8-5-6-10-16(13)25-3)20-18(24)21-15-9-7-11-23-17(15)19-12(2)22-23/h5-6,8,10,14-15H,4,7,9,11H2,1-3H3,(H2,20,21,24)/t14-,15-/m0/s1. The van der Waals surface area contributed by atoms with Crippen molar-refractivity contribution in [3.05, 3.63) is 41.5 Å². The van der Waals surface area contributed by atoms with E-state index in [0.717, 1.165) is 48.8 Å². The van der Waals surface area contributed by atoms with Gasteiger partial charge in [-0.05, 0) is 32.3 Å². The van der Waals surface area contributed by atoms with Crippen LogP contribution in [0.5, 0.6) is 5.75 Å². The maximum atomic E-state index is 12.5. The lowest BCUT2D eigenvalue weighted by Gasteiger charge is -2.25. The van der Waals surface area contributed by atoms with Gasteiger partial charge < -0.3 is 15.4 Å². The van der Waals surface area contributed by atoms with Crippen molar-refractivity contribution in [3.8, 4) is 5.75 Å². The van der Waals surface area contributed by atoms with Gasteiger partial charge in [0.2, 0.25) is 0 Å². The molecule has 0 spiro atoms. The Kier molecular flexibility index (Phi) is 5.21. The Hall–Kier alpha value is -2.57. The van der Waals surface area contributed by atoms with Crippen LogP contribution in [0, 0.1) is 6.92 Å². The number of carbonyl (C=O) groups is 1. The van der Waals surface area contributed by atoms with Crippen molar-refractivity contribution in [1.82, 2.24) is 25.4 Å². The van der Waals surface area contributed by atoms with Crippen molar-refractivity contribution in [2.75, 3.05) is 7.11 Å². The number of methoxy groups -OCH3 is 1. The molecule has 1 aliphatic heterocycles. The SMILES string of the molecule is CC[C@H](NC(=O)N[C@H]1CCCn2nc(C)nc21)c1ccccc1OC. The molecule has 2 heterocycles. The number of carbonyl (C=O) groups excluding carboxylic acids is 1. The molecule has 2 amide bonds. The van der Waals surface area contributed by atoms with E-state index in [9.17, 15) is 4.79 Å². The van der Waals surface area contributed by atoms with Crippen LogP contribution in [0.2, 0.25) is 0 Å². The van der Waals surface area contributed by atoms with Gasteiger partial charge in [0.25, 0.3) is 0 Å². The van der Waals surface area contributed by atoms with Crippen LogP contribution >= 0.6 is 0 Å². The molecule has 1 aromatic carbocycles. The number of urea groups is 1. The summed E-state index contributed by atoms with van der Waals surface area (Å²) in [5, 5.41) is 10.5. The highest BCUT2D eigenvalue weighted by Crippen LogP contribution is 2.27. The molecule has 7 nitrogen and oxygen atoms in total. The van der Waals surface area contributed by atoms with E-state index >= 15 is 0 Å². The highest BCUT2D eigenvalue weighted by molar-refractivity contribution is 5.75. The van der Waals surface area contributed by atoms with Gasteiger partial charge in [-0.2, -0.15) is 5.10 Å². The molecule has 1 aromatic heterocycles. The number of aromatic nitrogens is 3. The second-order valence-electron chi connectivity index (χ2n) is 6.26. The minimum atomic E-state index is -0.197. The predicted octanol–water partition coefficient (Wildman–Crippen LogP) is 2.88. The number of fused-ring (bicyclic) bond motifs is 1. The quantitative estimate of drug-likeness (QED) is 0.875. The Morgan fingerprint density at radius 2 is 2.24 bits per heavy atom. The number of para-hydroxylation sites is 1. The molecule has 0 saturated heterocycles. The first kappa shape index (κ1) is 17.3. The molecule has 0 fully saturated rings. The second kappa shape index (κ2) is 7.55. The number of ether oxygens (including phenoxy) is 1. The molecule has 2 N–H and O–H groups in total. The number of hydrogen-bond acceptors (Lipinski definition) is 4. The summed E-state index contributed by atoms with van der Waals surface area (Å²) in [6.45, 7) is 4.77. The highest BCUT2D eigenvalue weighted by atomic mass is 16.5. The van der Waals surface area contributed by atoms with E-state index < -0.39 is 0 Å². The van der Waals surface area contributed by atoms with Gasteiger partial charge in [-0.25, -0.2) is 14.5 Å². The van der Waals surface area contributed by atoms with Crippen molar-refractivity contribution in [1.29, 1.82) is 0 Å². The van der Waals surface area contributed by atoms with Gasteiger partial charge in [0, 0.05) is 12.1 Å². The Bertz CT molecular complexity index is 743. The summed E-state index contributed by atoms with van der Waals surface area (Å²) in [4.78, 5) is 17.0. The zero-order chi connectivity index (χ0) is 17.8. The van der Waals surface area contributed by atoms with E-state index in [0.29, 0.717) is 0 Å². The summed E-state index contributed by atoms with van der Waals surface area (Å²) in [6.07, 6.45) is 2.62. The number of aryl methyl sites for hydroxylation is 2. The van der Waals surface area contributed by atoms with Crippen LogP contribution in [-0.4, -0.2) is 27.9 Å². The molecule has 0 bridgehead atoms. The van der Waals surface area contributed by atoms with E-state index in [1.165, 1.54) is 0 Å². The third-order valence-electron chi connectivity index (χ3n) is 4.51. The topological polar surface area (TPSA) is 81.1 Å². The summed E-state index contributed by atoms with van der Waals surface area (Å²) in [7, 11) is 1.64. The first-order valence-corrected chi connectivity index (χ1v) is 8.73. The number of amides is 2. The Labute approximate surface area is 147 Å². The average molecular weight is 343 g/mol. The summed E-state index contributed by atoms with van der Waals surface area (Å²) < 4.78 is 7.31. The van der Waals surface area contributed by atoms with Gasteiger partial charge in [0.05, 0.1) is 19.2 Å². The fourth-order valence-corrected chi connectivity index (χ4v) is 3.32. The van der Waals surface area contributed by atoms with E-state index in [1.54, 1.807) is 7.11 Å². The summed E-state index contributed by atoms with van der Waals surface area (Å²) >= 11 is 0. The van der Waals surface area contributed by atoms with Crippen LogP contribution in [0.25, 0.3) is 0 Å². The summed E-state index contributed by atoms with van der Waals surface area (Å²) in [5.41, 5.74) is 0.977. The summed E-state index contributed by atoms with van der Waals surface area (Å²) in [5.74, 6) is 2.36. The van der Waals surface area contributed by atoms with Crippen molar-refractivity contribution in [3.63, 3.8) is 0 Å². The van der Waals surface area contributed by atoms with Crippen LogP contribution < -0.4 is 15.4 Å². The first-order chi connectivity index (χ1) is 12.1. The molecule has 134 valence electrons. The molecule has 0 aliphatic carbocycles. The first-order valence-electron chi connectivity index (χ1n) is 8.73. The molecule has 2 atom stereocenters. The van der Waals surface area contributed by atoms with Gasteiger partial charge in [-0.15, -0.1) is 0 Å². The Balaban J connectivity index is 1.69. The van der Waals surface area contributed by atoms with Gasteiger partial charge in [0.1, 0.15) is 17.4 Å². The van der Waals surface area contributed by atoms with Crippen molar-refractivity contribution < 1.29 is 9.53 Å². The van der Waals surface area contributed by atoms with Crippen molar-refractivity contribution in [2.45, 2.75) is 51.7 Å². The lowest BCUT2D eigenvalue weighted by Crippen LogP contribution is -2.41. The van der Waals surface area contributed by atoms with Crippen molar-refractivity contribution >= 4 is 6.03 Å². The van der Waals surface area contributed by atoms with Crippen LogP contribution in [0.1, 0.15) is 55.5 Å². The van der Waals surface area contributed by atoms with E-state index in [-0.39, 0.29) is 18.1 Å². The van der Waals surface area contributed by atoms with Gasteiger partial charge >= 0.3 is 6.03 Å². The third-order valence-corrected chi connectivity index (χ3v) is 4.51. The fourth-order valence-electron chi connectivity index (χ4n) is 3.32. The number of rotatable bonds is 5. The summed E-state index contributed by atoms with van der Waals surface area (Å²) in [6, 6.07) is 7.35. The zero-order valence-corrected chi connectivity index (χ0v) is 15.0. The lowest BCUT2D eigenvalue weighted by atomic mass is 10.0. The largest absolute Gasteiger partial charge is 0.496 e. The molecule has 0 unspecified atom stereocenters. The zero-order valence-electron chi connectivity index (χ0n) is 15.0. The minimum absolute atomic E-state index is 0.106. The molecule has 25 heavy (non-hydrogen) atoms. The molecule has 0 radical (unpaired) electrons. The van der Waals surface area contributed by atoms with Crippen LogP contribution in [-0.2, 0) is 6.54 Å². The smallest absolute Gasteiger partial charge is 0.315 e. The maximum Gasteiger partial charge on any atom is 0.315 e. The molecule has 7 heteroatoms.